The van der Waals surface area contributed by atoms with Gasteiger partial charge in [0.2, 0.25) is 0 Å². The summed E-state index contributed by atoms with van der Waals surface area (Å²) in [5.41, 5.74) is 4.17. The fourth-order valence-electron chi connectivity index (χ4n) is 6.00. The second-order valence-electron chi connectivity index (χ2n) is 7.64. The lowest BCUT2D eigenvalue weighted by Crippen LogP contribution is -2.62. The van der Waals surface area contributed by atoms with Crippen LogP contribution in [0, 0.1) is 18.8 Å². The van der Waals surface area contributed by atoms with Gasteiger partial charge < -0.3 is 9.84 Å². The van der Waals surface area contributed by atoms with Crippen molar-refractivity contribution < 1.29 is 9.84 Å². The van der Waals surface area contributed by atoms with Crippen LogP contribution in [-0.4, -0.2) is 22.1 Å². The molecule has 4 aliphatic rings. The third-order valence-corrected chi connectivity index (χ3v) is 8.38. The number of rotatable bonds is 0. The second kappa shape index (κ2) is 4.52. The van der Waals surface area contributed by atoms with E-state index in [0.717, 1.165) is 18.1 Å². The smallest absolute Gasteiger partial charge is 0.136 e. The van der Waals surface area contributed by atoms with Crippen LogP contribution < -0.4 is 4.74 Å². The van der Waals surface area contributed by atoms with Gasteiger partial charge in [0.1, 0.15) is 18.0 Å². The molecule has 2 bridgehead atoms. The minimum Gasteiger partial charge on any atom is -0.486 e. The molecule has 0 amide bonds. The van der Waals surface area contributed by atoms with Crippen LogP contribution in [0.5, 0.6) is 5.75 Å². The van der Waals surface area contributed by atoms with Gasteiger partial charge >= 0.3 is 0 Å². The summed E-state index contributed by atoms with van der Waals surface area (Å²) in [7, 11) is 0. The van der Waals surface area contributed by atoms with Crippen molar-refractivity contribution in [3.8, 4) is 5.75 Å². The summed E-state index contributed by atoms with van der Waals surface area (Å²) in [5, 5.41) is 10.8. The first-order valence-electron chi connectivity index (χ1n) is 8.35. The summed E-state index contributed by atoms with van der Waals surface area (Å²) in [6.45, 7) is 2.14. The van der Waals surface area contributed by atoms with E-state index in [1.165, 1.54) is 46.8 Å². The molecular formula is C18H20Br2O2. The number of hydrogen-bond donors (Lipinski definition) is 1. The highest BCUT2D eigenvalue weighted by Crippen LogP contribution is 2.66. The van der Waals surface area contributed by atoms with E-state index in [1.54, 1.807) is 0 Å². The number of benzene rings is 1. The molecule has 22 heavy (non-hydrogen) atoms. The predicted molar refractivity (Wildman–Crippen MR) is 92.8 cm³/mol. The van der Waals surface area contributed by atoms with E-state index in [0.29, 0.717) is 5.92 Å². The Morgan fingerprint density at radius 3 is 3.05 bits per heavy atom. The Labute approximate surface area is 147 Å². The van der Waals surface area contributed by atoms with Gasteiger partial charge in [-0.05, 0) is 61.6 Å². The highest BCUT2D eigenvalue weighted by molar-refractivity contribution is 9.10. The summed E-state index contributed by atoms with van der Waals surface area (Å²) < 4.78 is 7.69. The number of alkyl halides is 1. The molecular weight excluding hydrogens is 408 g/mol. The van der Waals surface area contributed by atoms with Crippen molar-refractivity contribution in [2.24, 2.45) is 11.8 Å². The van der Waals surface area contributed by atoms with E-state index in [4.69, 9.17) is 4.74 Å². The molecule has 2 fully saturated rings. The number of aliphatic hydroxyl groups is 1. The minimum atomic E-state index is -0.411. The highest BCUT2D eigenvalue weighted by Gasteiger charge is 2.65. The molecule has 0 radical (unpaired) electrons. The van der Waals surface area contributed by atoms with Gasteiger partial charge in [0, 0.05) is 20.3 Å². The van der Waals surface area contributed by atoms with Crippen LogP contribution >= 0.6 is 31.9 Å². The zero-order chi connectivity index (χ0) is 15.2. The Morgan fingerprint density at radius 1 is 1.41 bits per heavy atom. The maximum atomic E-state index is 10.8. The van der Waals surface area contributed by atoms with Crippen molar-refractivity contribution in [3.63, 3.8) is 0 Å². The largest absolute Gasteiger partial charge is 0.486 e. The molecule has 1 N–H and O–H groups in total. The van der Waals surface area contributed by atoms with Gasteiger partial charge in [0.05, 0.1) is 0 Å². The number of halogens is 2. The third kappa shape index (κ3) is 1.51. The van der Waals surface area contributed by atoms with Crippen LogP contribution in [0.15, 0.2) is 10.5 Å². The van der Waals surface area contributed by atoms with Gasteiger partial charge in [0.25, 0.3) is 0 Å². The summed E-state index contributed by atoms with van der Waals surface area (Å²) in [4.78, 5) is 0.163. The molecule has 1 aromatic rings. The van der Waals surface area contributed by atoms with E-state index in [1.807, 2.05) is 0 Å². The molecule has 3 aliphatic carbocycles. The molecule has 0 unspecified atom stereocenters. The third-order valence-electron chi connectivity index (χ3n) is 6.76. The van der Waals surface area contributed by atoms with E-state index in [2.05, 4.69) is 44.8 Å². The lowest BCUT2D eigenvalue weighted by molar-refractivity contribution is -0.0809. The summed E-state index contributed by atoms with van der Waals surface area (Å²) in [5.74, 6) is 2.47. The fourth-order valence-corrected chi connectivity index (χ4v) is 7.38. The lowest BCUT2D eigenvalue weighted by Gasteiger charge is -2.57. The van der Waals surface area contributed by atoms with Crippen LogP contribution in [0.25, 0.3) is 0 Å². The second-order valence-corrected chi connectivity index (χ2v) is 9.67. The van der Waals surface area contributed by atoms with E-state index in [9.17, 15) is 5.11 Å². The van der Waals surface area contributed by atoms with Crippen molar-refractivity contribution in [3.05, 3.63) is 27.2 Å². The van der Waals surface area contributed by atoms with Crippen LogP contribution in [0.2, 0.25) is 0 Å². The molecule has 0 aromatic heterocycles. The van der Waals surface area contributed by atoms with E-state index < -0.39 is 6.10 Å². The summed E-state index contributed by atoms with van der Waals surface area (Å²) in [6.07, 6.45) is 5.53. The molecule has 6 atom stereocenters. The fraction of sp³-hybridized carbons (Fsp3) is 0.667. The number of ether oxygens (including phenoxy) is 1. The molecule has 118 valence electrons. The molecule has 4 heteroatoms. The molecule has 2 nitrogen and oxygen atoms in total. The van der Waals surface area contributed by atoms with Gasteiger partial charge in [-0.3, -0.25) is 0 Å². The monoisotopic (exact) mass is 426 g/mol. The molecule has 5 rings (SSSR count). The van der Waals surface area contributed by atoms with Crippen molar-refractivity contribution in [1.29, 1.82) is 0 Å². The van der Waals surface area contributed by atoms with Gasteiger partial charge in [-0.15, -0.1) is 0 Å². The SMILES string of the molecule is Cc1cc(Br)c2c3c1O[C@H]1[C@@H](O)[C@H](Br)C[C@H]4[C@H](CCC[C@@]341)C2. The van der Waals surface area contributed by atoms with Crippen LogP contribution in [0.1, 0.15) is 42.4 Å². The molecule has 1 heterocycles. The van der Waals surface area contributed by atoms with Crippen molar-refractivity contribution >= 4 is 31.9 Å². The number of hydrogen-bond acceptors (Lipinski definition) is 2. The van der Waals surface area contributed by atoms with Crippen LogP contribution in [0.3, 0.4) is 0 Å². The summed E-state index contributed by atoms with van der Waals surface area (Å²) >= 11 is 7.54. The van der Waals surface area contributed by atoms with Gasteiger partial charge in [-0.1, -0.05) is 38.3 Å². The average Bonchev–Trinajstić information content (AvgIpc) is 2.80. The van der Waals surface area contributed by atoms with E-state index in [-0.39, 0.29) is 16.3 Å². The molecule has 1 spiro atoms. The minimum absolute atomic E-state index is 0.0596. The predicted octanol–water partition coefficient (Wildman–Crippen LogP) is 4.26. The average molecular weight is 428 g/mol. The Balaban J connectivity index is 1.83. The van der Waals surface area contributed by atoms with Crippen molar-refractivity contribution in [2.75, 3.05) is 0 Å². The zero-order valence-electron chi connectivity index (χ0n) is 12.6. The molecule has 1 aliphatic heterocycles. The van der Waals surface area contributed by atoms with Crippen molar-refractivity contribution in [2.45, 2.75) is 61.5 Å². The maximum Gasteiger partial charge on any atom is 0.136 e. The zero-order valence-corrected chi connectivity index (χ0v) is 15.8. The molecule has 0 saturated heterocycles. The Morgan fingerprint density at radius 2 is 2.23 bits per heavy atom. The van der Waals surface area contributed by atoms with Crippen molar-refractivity contribution in [1.82, 2.24) is 0 Å². The van der Waals surface area contributed by atoms with Gasteiger partial charge in [0.15, 0.2) is 0 Å². The quantitative estimate of drug-likeness (QED) is 0.627. The topological polar surface area (TPSA) is 29.5 Å². The summed E-state index contributed by atoms with van der Waals surface area (Å²) in [6, 6.07) is 2.20. The first kappa shape index (κ1) is 14.3. The Hall–Kier alpha value is -0.0600. The Bertz CT molecular complexity index is 674. The normalized spacial score (nSPS) is 44.5. The molecule has 2 saturated carbocycles. The first-order chi connectivity index (χ1) is 10.5. The lowest BCUT2D eigenvalue weighted by atomic mass is 9.48. The number of aliphatic hydroxyl groups excluding tert-OH is 1. The van der Waals surface area contributed by atoms with Crippen LogP contribution in [-0.2, 0) is 11.8 Å². The standard InChI is InChI=1S/C18H20Br2O2/c1-8-5-12(19)10-6-9-3-2-4-18-11(9)7-13(20)15(21)17(18)22-16(8)14(10)18/h5,9,11,13,15,17,21H,2-4,6-7H2,1H3/t9-,11+,13-,15+,17+,18+/m1/s1. The first-order valence-corrected chi connectivity index (χ1v) is 10.1. The van der Waals surface area contributed by atoms with E-state index >= 15 is 0 Å². The van der Waals surface area contributed by atoms with Gasteiger partial charge in [-0.25, -0.2) is 0 Å². The number of aryl methyl sites for hydroxylation is 1. The Kier molecular flexibility index (Phi) is 2.93. The highest BCUT2D eigenvalue weighted by atomic mass is 79.9. The van der Waals surface area contributed by atoms with Crippen LogP contribution in [0.4, 0.5) is 0 Å². The van der Waals surface area contributed by atoms with Gasteiger partial charge in [-0.2, -0.15) is 0 Å². The maximum absolute atomic E-state index is 10.8. The molecule has 1 aromatic carbocycles.